The monoisotopic (exact) mass is 236 g/mol. The van der Waals surface area contributed by atoms with E-state index < -0.39 is 27.8 Å². The number of rotatable bonds is 1. The standard InChI is InChI=1S/C5H5F3N2O2S.Na/c1-10-2-3(13(11)12)4(9-10)5(6,7)8;/h2H,1H3,(H,11,12);/q;+1/p-1. The second-order valence-electron chi connectivity index (χ2n) is 2.25. The number of aromatic nitrogens is 2. The van der Waals surface area contributed by atoms with Gasteiger partial charge in [-0.1, -0.05) is 0 Å². The number of hydrogen-bond acceptors (Lipinski definition) is 3. The zero-order chi connectivity index (χ0) is 10.2. The number of halogens is 3. The first-order valence-corrected chi connectivity index (χ1v) is 4.10. The van der Waals surface area contributed by atoms with Gasteiger partial charge in [0.15, 0.2) is 5.69 Å². The Kier molecular flexibility index (Phi) is 4.79. The molecule has 0 spiro atoms. The van der Waals surface area contributed by atoms with E-state index in [2.05, 4.69) is 5.10 Å². The summed E-state index contributed by atoms with van der Waals surface area (Å²) in [6, 6.07) is 0. The molecule has 1 rings (SSSR count). The fourth-order valence-electron chi connectivity index (χ4n) is 0.785. The molecule has 0 saturated heterocycles. The maximum Gasteiger partial charge on any atom is 1.00 e. The molecule has 1 aromatic rings. The molecule has 0 amide bonds. The van der Waals surface area contributed by atoms with E-state index in [-0.39, 0.29) is 29.6 Å². The first-order chi connectivity index (χ1) is 5.82. The second-order valence-corrected chi connectivity index (χ2v) is 3.16. The van der Waals surface area contributed by atoms with Crippen molar-refractivity contribution in [1.82, 2.24) is 9.78 Å². The minimum absolute atomic E-state index is 0. The largest absolute Gasteiger partial charge is 1.00 e. The molecule has 9 heteroatoms. The van der Waals surface area contributed by atoms with E-state index in [1.54, 1.807) is 0 Å². The number of alkyl halides is 3. The van der Waals surface area contributed by atoms with Crippen LogP contribution in [0.3, 0.4) is 0 Å². The Labute approximate surface area is 102 Å². The van der Waals surface area contributed by atoms with Gasteiger partial charge in [0.2, 0.25) is 0 Å². The summed E-state index contributed by atoms with van der Waals surface area (Å²) < 4.78 is 57.7. The normalized spacial score (nSPS) is 13.5. The summed E-state index contributed by atoms with van der Waals surface area (Å²) in [5, 5.41) is 3.00. The topological polar surface area (TPSA) is 58.0 Å². The van der Waals surface area contributed by atoms with Crippen molar-refractivity contribution in [1.29, 1.82) is 0 Å². The van der Waals surface area contributed by atoms with E-state index in [0.29, 0.717) is 0 Å². The molecular formula is C5H4F3N2NaO2S. The molecule has 1 aromatic heterocycles. The van der Waals surface area contributed by atoms with Crippen LogP contribution in [0.2, 0.25) is 0 Å². The van der Waals surface area contributed by atoms with Gasteiger partial charge in [-0.25, -0.2) is 0 Å². The molecule has 0 aliphatic carbocycles. The van der Waals surface area contributed by atoms with Crippen molar-refractivity contribution < 1.29 is 51.5 Å². The third kappa shape index (κ3) is 3.06. The van der Waals surface area contributed by atoms with Crippen LogP contribution in [0.4, 0.5) is 13.2 Å². The molecule has 0 aliphatic heterocycles. The molecule has 14 heavy (non-hydrogen) atoms. The Morgan fingerprint density at radius 2 is 2.07 bits per heavy atom. The summed E-state index contributed by atoms with van der Waals surface area (Å²) in [6.07, 6.45) is -3.94. The first-order valence-electron chi connectivity index (χ1n) is 3.02. The molecule has 4 nitrogen and oxygen atoms in total. The van der Waals surface area contributed by atoms with Crippen LogP contribution in [0.5, 0.6) is 0 Å². The predicted octanol–water partition coefficient (Wildman–Crippen LogP) is -2.32. The Hall–Kier alpha value is 0.110. The van der Waals surface area contributed by atoms with Gasteiger partial charge in [0.25, 0.3) is 0 Å². The van der Waals surface area contributed by atoms with E-state index in [4.69, 9.17) is 0 Å². The SMILES string of the molecule is Cn1cc(S(=O)[O-])c(C(F)(F)F)n1.[Na+]. The summed E-state index contributed by atoms with van der Waals surface area (Å²) >= 11 is -2.92. The smallest absolute Gasteiger partial charge is 0.768 e. The second kappa shape index (κ2) is 4.75. The van der Waals surface area contributed by atoms with Crippen LogP contribution >= 0.6 is 0 Å². The van der Waals surface area contributed by atoms with Gasteiger partial charge in [-0.2, -0.15) is 18.3 Å². The van der Waals surface area contributed by atoms with Crippen LogP contribution in [0.1, 0.15) is 5.69 Å². The molecule has 0 N–H and O–H groups in total. The average Bonchev–Trinajstić information content (AvgIpc) is 2.29. The fourth-order valence-corrected chi connectivity index (χ4v) is 1.34. The van der Waals surface area contributed by atoms with Gasteiger partial charge in [0.1, 0.15) is 0 Å². The molecule has 0 bridgehead atoms. The maximum absolute atomic E-state index is 12.1. The quantitative estimate of drug-likeness (QED) is 0.406. The summed E-state index contributed by atoms with van der Waals surface area (Å²) in [5.41, 5.74) is -1.39. The molecule has 1 heterocycles. The zero-order valence-electron chi connectivity index (χ0n) is 7.33. The summed E-state index contributed by atoms with van der Waals surface area (Å²) in [5.74, 6) is 0. The molecule has 0 aliphatic rings. The minimum atomic E-state index is -4.74. The Morgan fingerprint density at radius 1 is 1.57 bits per heavy atom. The van der Waals surface area contributed by atoms with Crippen LogP contribution in [-0.4, -0.2) is 18.5 Å². The van der Waals surface area contributed by atoms with Crippen molar-refractivity contribution in [2.75, 3.05) is 0 Å². The third-order valence-electron chi connectivity index (χ3n) is 1.24. The van der Waals surface area contributed by atoms with Crippen molar-refractivity contribution in [2.45, 2.75) is 11.1 Å². The van der Waals surface area contributed by atoms with Gasteiger partial charge in [0, 0.05) is 13.2 Å². The van der Waals surface area contributed by atoms with E-state index in [1.165, 1.54) is 7.05 Å². The molecular weight excluding hydrogens is 232 g/mol. The van der Waals surface area contributed by atoms with Crippen LogP contribution < -0.4 is 29.6 Å². The fraction of sp³-hybridized carbons (Fsp3) is 0.400. The molecule has 0 aromatic carbocycles. The summed E-state index contributed by atoms with van der Waals surface area (Å²) in [6.45, 7) is 0. The van der Waals surface area contributed by atoms with Gasteiger partial charge in [-0.15, -0.1) is 0 Å². The molecule has 1 unspecified atom stereocenters. The van der Waals surface area contributed by atoms with Crippen molar-refractivity contribution in [3.05, 3.63) is 11.9 Å². The van der Waals surface area contributed by atoms with E-state index in [0.717, 1.165) is 10.9 Å². The van der Waals surface area contributed by atoms with E-state index in [1.807, 2.05) is 0 Å². The summed E-state index contributed by atoms with van der Waals surface area (Å²) in [4.78, 5) is -0.838. The van der Waals surface area contributed by atoms with E-state index >= 15 is 0 Å². The molecule has 0 saturated carbocycles. The van der Waals surface area contributed by atoms with Crippen LogP contribution in [0, 0.1) is 0 Å². The van der Waals surface area contributed by atoms with E-state index in [9.17, 15) is 21.9 Å². The molecule has 74 valence electrons. The predicted molar refractivity (Wildman–Crippen MR) is 35.4 cm³/mol. The average molecular weight is 236 g/mol. The van der Waals surface area contributed by atoms with Gasteiger partial charge < -0.3 is 4.55 Å². The number of nitrogens with zero attached hydrogens (tertiary/aromatic N) is 2. The zero-order valence-corrected chi connectivity index (χ0v) is 10.1. The Balaban J connectivity index is 0.00000169. The van der Waals surface area contributed by atoms with Crippen molar-refractivity contribution in [2.24, 2.45) is 7.05 Å². The number of hydrogen-bond donors (Lipinski definition) is 0. The molecule has 0 fully saturated rings. The van der Waals surface area contributed by atoms with Gasteiger partial charge in [-0.05, 0) is 11.1 Å². The van der Waals surface area contributed by atoms with Crippen molar-refractivity contribution in [3.63, 3.8) is 0 Å². The van der Waals surface area contributed by atoms with Crippen LogP contribution in [-0.2, 0) is 24.3 Å². The Morgan fingerprint density at radius 3 is 2.36 bits per heavy atom. The molecule has 0 radical (unpaired) electrons. The molecule has 1 atom stereocenters. The van der Waals surface area contributed by atoms with Crippen LogP contribution in [0.15, 0.2) is 11.1 Å². The first kappa shape index (κ1) is 14.1. The van der Waals surface area contributed by atoms with Gasteiger partial charge >= 0.3 is 35.7 Å². The van der Waals surface area contributed by atoms with Crippen LogP contribution in [0.25, 0.3) is 0 Å². The third-order valence-corrected chi connectivity index (χ3v) is 1.90. The maximum atomic E-state index is 12.1. The summed E-state index contributed by atoms with van der Waals surface area (Å²) in [7, 11) is 1.21. The number of aryl methyl sites for hydroxylation is 1. The van der Waals surface area contributed by atoms with Crippen molar-refractivity contribution >= 4 is 11.1 Å². The minimum Gasteiger partial charge on any atom is -0.768 e. The van der Waals surface area contributed by atoms with Gasteiger partial charge in [0.05, 0.1) is 4.90 Å². The van der Waals surface area contributed by atoms with Crippen molar-refractivity contribution in [3.8, 4) is 0 Å². The van der Waals surface area contributed by atoms with Gasteiger partial charge in [-0.3, -0.25) is 8.89 Å². The Bertz CT molecular complexity index is 351.